The highest BCUT2D eigenvalue weighted by Crippen LogP contribution is 2.39. The molecular formula is C19H33N3O6S. The number of nitrogens with one attached hydrogen (secondary N) is 2. The van der Waals surface area contributed by atoms with Gasteiger partial charge < -0.3 is 24.8 Å². The third-order valence-electron chi connectivity index (χ3n) is 4.41. The predicted molar refractivity (Wildman–Crippen MR) is 110 cm³/mol. The van der Waals surface area contributed by atoms with Crippen LogP contribution in [0.5, 0.6) is 0 Å². The number of likely N-dealkylation sites (tertiary alicyclic amines) is 1. The molecular weight excluding hydrogens is 398 g/mol. The quantitative estimate of drug-likeness (QED) is 0.598. The number of carboxylic acid groups (broad SMARTS) is 1. The molecule has 0 saturated carbocycles. The van der Waals surface area contributed by atoms with Crippen molar-refractivity contribution in [3.05, 3.63) is 0 Å². The van der Waals surface area contributed by atoms with E-state index < -0.39 is 46.3 Å². The second-order valence-corrected chi connectivity index (χ2v) is 11.0. The fourth-order valence-electron chi connectivity index (χ4n) is 3.32. The number of carbonyl (C=O) groups excluding carboxylic acids is 2. The summed E-state index contributed by atoms with van der Waals surface area (Å²) in [6, 6.07) is -1.53. The molecule has 29 heavy (non-hydrogen) atoms. The lowest BCUT2D eigenvalue weighted by atomic mass is 10.0. The van der Waals surface area contributed by atoms with Crippen LogP contribution in [0.3, 0.4) is 0 Å². The largest absolute Gasteiger partial charge is 0.480 e. The lowest BCUT2D eigenvalue weighted by Gasteiger charge is -2.49. The maximum absolute atomic E-state index is 13.1. The molecule has 166 valence electrons. The standard InChI is InChI=1S/C19H33N3O6S/c1-11(27-17(2,3)4)13(20-16(26)28-18(5,6)7)14(23)22-9-19(10-22)21-12(8-29-19)15(24)25/h11-13,21H,8-10H2,1-7H3,(H,20,26)(H,24,25)/t11-,12+,13+/m1/s1. The van der Waals surface area contributed by atoms with Crippen LogP contribution < -0.4 is 10.6 Å². The van der Waals surface area contributed by atoms with Crippen molar-refractivity contribution in [2.24, 2.45) is 0 Å². The Hall–Kier alpha value is -1.52. The molecule has 1 spiro atoms. The van der Waals surface area contributed by atoms with E-state index in [2.05, 4.69) is 10.6 Å². The van der Waals surface area contributed by atoms with Crippen molar-refractivity contribution >= 4 is 29.7 Å². The van der Waals surface area contributed by atoms with Gasteiger partial charge in [0.25, 0.3) is 0 Å². The smallest absolute Gasteiger partial charge is 0.408 e. The van der Waals surface area contributed by atoms with E-state index >= 15 is 0 Å². The highest BCUT2D eigenvalue weighted by Gasteiger charge is 2.53. The number of carboxylic acids is 1. The topological polar surface area (TPSA) is 117 Å². The van der Waals surface area contributed by atoms with Crippen molar-refractivity contribution in [2.45, 2.75) is 82.7 Å². The molecule has 0 aromatic rings. The molecule has 0 unspecified atom stereocenters. The Kier molecular flexibility index (Phi) is 6.81. The molecule has 2 heterocycles. The summed E-state index contributed by atoms with van der Waals surface area (Å²) in [4.78, 5) is 37.8. The third-order valence-corrected chi connectivity index (χ3v) is 5.84. The summed E-state index contributed by atoms with van der Waals surface area (Å²) < 4.78 is 11.2. The van der Waals surface area contributed by atoms with Crippen LogP contribution in [0.25, 0.3) is 0 Å². The molecule has 3 atom stereocenters. The van der Waals surface area contributed by atoms with Crippen molar-refractivity contribution < 1.29 is 29.0 Å². The van der Waals surface area contributed by atoms with Gasteiger partial charge in [-0.15, -0.1) is 11.8 Å². The molecule has 0 aromatic carbocycles. The molecule has 0 radical (unpaired) electrons. The van der Waals surface area contributed by atoms with Gasteiger partial charge in [-0.05, 0) is 48.5 Å². The van der Waals surface area contributed by atoms with Gasteiger partial charge in [-0.3, -0.25) is 14.9 Å². The van der Waals surface area contributed by atoms with Gasteiger partial charge in [0.15, 0.2) is 0 Å². The molecule has 0 aromatic heterocycles. The van der Waals surface area contributed by atoms with Gasteiger partial charge in [-0.1, -0.05) is 0 Å². The molecule has 9 nitrogen and oxygen atoms in total. The molecule has 10 heteroatoms. The first kappa shape index (κ1) is 23.8. The normalized spacial score (nSPS) is 23.3. The number of ether oxygens (including phenoxy) is 2. The van der Waals surface area contributed by atoms with E-state index in [-0.39, 0.29) is 5.91 Å². The minimum atomic E-state index is -0.914. The Morgan fingerprint density at radius 2 is 1.76 bits per heavy atom. The summed E-state index contributed by atoms with van der Waals surface area (Å²) in [5.74, 6) is -0.712. The minimum absolute atomic E-state index is 0.278. The highest BCUT2D eigenvalue weighted by atomic mass is 32.2. The molecule has 0 aliphatic carbocycles. The first-order valence-corrected chi connectivity index (χ1v) is 10.7. The highest BCUT2D eigenvalue weighted by molar-refractivity contribution is 8.01. The number of rotatable bonds is 5. The zero-order chi connectivity index (χ0) is 22.2. The second-order valence-electron chi connectivity index (χ2n) is 9.59. The van der Waals surface area contributed by atoms with Gasteiger partial charge in [0.1, 0.15) is 22.6 Å². The van der Waals surface area contributed by atoms with E-state index in [1.54, 1.807) is 32.6 Å². The van der Waals surface area contributed by atoms with Gasteiger partial charge >= 0.3 is 12.1 Å². The van der Waals surface area contributed by atoms with E-state index in [4.69, 9.17) is 14.6 Å². The van der Waals surface area contributed by atoms with E-state index in [0.717, 1.165) is 0 Å². The van der Waals surface area contributed by atoms with E-state index in [1.165, 1.54) is 11.8 Å². The second kappa shape index (κ2) is 8.31. The van der Waals surface area contributed by atoms with Crippen LogP contribution in [0.4, 0.5) is 4.79 Å². The van der Waals surface area contributed by atoms with Gasteiger partial charge in [-0.25, -0.2) is 4.79 Å². The van der Waals surface area contributed by atoms with Gasteiger partial charge in [0.2, 0.25) is 5.91 Å². The lowest BCUT2D eigenvalue weighted by molar-refractivity contribution is -0.147. The van der Waals surface area contributed by atoms with Crippen LogP contribution in [0, 0.1) is 0 Å². The molecule has 2 aliphatic heterocycles. The van der Waals surface area contributed by atoms with Crippen LogP contribution in [0.2, 0.25) is 0 Å². The zero-order valence-corrected chi connectivity index (χ0v) is 19.0. The summed E-state index contributed by atoms with van der Waals surface area (Å²) in [5.41, 5.74) is -1.19. The number of hydrogen-bond donors (Lipinski definition) is 3. The summed E-state index contributed by atoms with van der Waals surface area (Å²) in [7, 11) is 0. The lowest BCUT2D eigenvalue weighted by Crippen LogP contribution is -2.71. The number of aliphatic carboxylic acids is 1. The van der Waals surface area contributed by atoms with Crippen LogP contribution in [-0.4, -0.2) is 81.1 Å². The number of nitrogens with zero attached hydrogens (tertiary/aromatic N) is 1. The van der Waals surface area contributed by atoms with Crippen molar-refractivity contribution in [1.82, 2.24) is 15.5 Å². The van der Waals surface area contributed by atoms with Crippen molar-refractivity contribution in [3.63, 3.8) is 0 Å². The molecule has 2 amide bonds. The van der Waals surface area contributed by atoms with E-state index in [1.807, 2.05) is 20.8 Å². The number of carbonyl (C=O) groups is 3. The Morgan fingerprint density at radius 3 is 2.21 bits per heavy atom. The average molecular weight is 432 g/mol. The van der Waals surface area contributed by atoms with Gasteiger partial charge in [-0.2, -0.15) is 0 Å². The summed E-state index contributed by atoms with van der Waals surface area (Å²) >= 11 is 1.51. The molecule has 0 bridgehead atoms. The number of alkyl carbamates (subject to hydrolysis) is 1. The SMILES string of the molecule is C[C@@H](OC(C)(C)C)[C@H](NC(=O)OC(C)(C)C)C(=O)N1CC2(C1)N[C@H](C(=O)O)CS2. The first-order chi connectivity index (χ1) is 13.1. The maximum Gasteiger partial charge on any atom is 0.408 e. The summed E-state index contributed by atoms with van der Waals surface area (Å²) in [6.45, 7) is 13.4. The Bertz CT molecular complexity index is 651. The van der Waals surface area contributed by atoms with Crippen LogP contribution in [-0.2, 0) is 19.1 Å². The Labute approximate surface area is 176 Å². The molecule has 2 saturated heterocycles. The summed E-state index contributed by atoms with van der Waals surface area (Å²) in [6.07, 6.45) is -1.27. The molecule has 2 fully saturated rings. The average Bonchev–Trinajstić information content (AvgIpc) is 2.92. The Balaban J connectivity index is 2.05. The number of hydrogen-bond acceptors (Lipinski definition) is 7. The van der Waals surface area contributed by atoms with E-state index in [9.17, 15) is 14.4 Å². The number of thioether (sulfide) groups is 1. The van der Waals surface area contributed by atoms with Crippen molar-refractivity contribution in [2.75, 3.05) is 18.8 Å². The zero-order valence-electron chi connectivity index (χ0n) is 18.2. The van der Waals surface area contributed by atoms with Gasteiger partial charge in [0, 0.05) is 5.75 Å². The first-order valence-electron chi connectivity index (χ1n) is 9.71. The maximum atomic E-state index is 13.1. The predicted octanol–water partition coefficient (Wildman–Crippen LogP) is 1.41. The Morgan fingerprint density at radius 1 is 1.17 bits per heavy atom. The van der Waals surface area contributed by atoms with Gasteiger partial charge in [0.05, 0.1) is 24.8 Å². The van der Waals surface area contributed by atoms with Crippen molar-refractivity contribution in [1.29, 1.82) is 0 Å². The van der Waals surface area contributed by atoms with E-state index in [0.29, 0.717) is 18.8 Å². The van der Waals surface area contributed by atoms with Crippen LogP contribution in [0.1, 0.15) is 48.5 Å². The monoisotopic (exact) mass is 431 g/mol. The molecule has 3 N–H and O–H groups in total. The molecule has 2 rings (SSSR count). The van der Waals surface area contributed by atoms with Crippen LogP contribution in [0.15, 0.2) is 0 Å². The third kappa shape index (κ3) is 6.48. The van der Waals surface area contributed by atoms with Crippen LogP contribution >= 0.6 is 11.8 Å². The summed E-state index contributed by atoms with van der Waals surface area (Å²) in [5, 5.41) is 14.9. The fraction of sp³-hybridized carbons (Fsp3) is 0.842. The minimum Gasteiger partial charge on any atom is -0.480 e. The fourth-order valence-corrected chi connectivity index (χ4v) is 4.75. The number of amides is 2. The van der Waals surface area contributed by atoms with Crippen molar-refractivity contribution in [3.8, 4) is 0 Å². The molecule has 2 aliphatic rings.